The van der Waals surface area contributed by atoms with Gasteiger partial charge in [0.1, 0.15) is 12.2 Å². The maximum atomic E-state index is 12.3. The van der Waals surface area contributed by atoms with E-state index in [4.69, 9.17) is 5.11 Å². The standard InChI is InChI=1S/C11H13F3N2O2/c1-16-8-3-2-6(10(17)18)4-7(8)15-9(16)5-11(12,13)14/h6H,2-5H2,1H3,(H,17,18). The van der Waals surface area contributed by atoms with Crippen molar-refractivity contribution in [2.45, 2.75) is 31.9 Å². The Kier molecular flexibility index (Phi) is 3.08. The minimum atomic E-state index is -4.30. The average molecular weight is 262 g/mol. The average Bonchev–Trinajstić information content (AvgIpc) is 2.53. The van der Waals surface area contributed by atoms with Crippen LogP contribution in [0.5, 0.6) is 0 Å². The lowest BCUT2D eigenvalue weighted by molar-refractivity contribution is -0.142. The highest BCUT2D eigenvalue weighted by molar-refractivity contribution is 5.70. The number of carboxylic acids is 1. The molecule has 0 saturated carbocycles. The molecule has 0 amide bonds. The Labute approximate surface area is 101 Å². The van der Waals surface area contributed by atoms with Crippen LogP contribution in [0, 0.1) is 5.92 Å². The number of halogens is 3. The number of alkyl halides is 3. The molecule has 4 nitrogen and oxygen atoms in total. The molecule has 0 radical (unpaired) electrons. The SMILES string of the molecule is Cn1c(CC(F)(F)F)nc2c1CCC(C(=O)O)C2. The van der Waals surface area contributed by atoms with Gasteiger partial charge in [-0.05, 0) is 12.8 Å². The molecule has 1 aromatic heterocycles. The maximum absolute atomic E-state index is 12.3. The molecule has 0 bridgehead atoms. The number of imidazole rings is 1. The van der Waals surface area contributed by atoms with Crippen molar-refractivity contribution < 1.29 is 23.1 Å². The second-order valence-corrected chi connectivity index (χ2v) is 4.55. The summed E-state index contributed by atoms with van der Waals surface area (Å²) in [6.45, 7) is 0. The van der Waals surface area contributed by atoms with Crippen molar-refractivity contribution in [1.82, 2.24) is 9.55 Å². The van der Waals surface area contributed by atoms with Gasteiger partial charge in [0.2, 0.25) is 0 Å². The van der Waals surface area contributed by atoms with E-state index in [1.165, 1.54) is 4.57 Å². The highest BCUT2D eigenvalue weighted by atomic mass is 19.4. The summed E-state index contributed by atoms with van der Waals surface area (Å²) >= 11 is 0. The van der Waals surface area contributed by atoms with E-state index in [0.29, 0.717) is 18.5 Å². The lowest BCUT2D eigenvalue weighted by Crippen LogP contribution is -2.22. The molecule has 100 valence electrons. The van der Waals surface area contributed by atoms with Crippen molar-refractivity contribution in [2.24, 2.45) is 13.0 Å². The van der Waals surface area contributed by atoms with Gasteiger partial charge in [-0.1, -0.05) is 0 Å². The maximum Gasteiger partial charge on any atom is 0.396 e. The Morgan fingerprint density at radius 3 is 2.78 bits per heavy atom. The first-order valence-electron chi connectivity index (χ1n) is 5.61. The molecule has 1 atom stereocenters. The van der Waals surface area contributed by atoms with Crippen molar-refractivity contribution >= 4 is 5.97 Å². The number of aromatic nitrogens is 2. The fourth-order valence-electron chi connectivity index (χ4n) is 2.31. The number of hydrogen-bond donors (Lipinski definition) is 1. The van der Waals surface area contributed by atoms with Crippen LogP contribution in [0.15, 0.2) is 0 Å². The quantitative estimate of drug-likeness (QED) is 0.882. The molecule has 1 aliphatic rings. The van der Waals surface area contributed by atoms with Crippen molar-refractivity contribution in [1.29, 1.82) is 0 Å². The topological polar surface area (TPSA) is 55.1 Å². The fraction of sp³-hybridized carbons (Fsp3) is 0.636. The van der Waals surface area contributed by atoms with Crippen molar-refractivity contribution in [3.63, 3.8) is 0 Å². The summed E-state index contributed by atoms with van der Waals surface area (Å²) in [5, 5.41) is 8.91. The Bertz CT molecular complexity index is 479. The summed E-state index contributed by atoms with van der Waals surface area (Å²) in [6.07, 6.45) is -4.24. The summed E-state index contributed by atoms with van der Waals surface area (Å²) in [7, 11) is 1.55. The number of hydrogen-bond acceptors (Lipinski definition) is 2. The van der Waals surface area contributed by atoms with Gasteiger partial charge < -0.3 is 9.67 Å². The van der Waals surface area contributed by atoms with E-state index in [9.17, 15) is 18.0 Å². The van der Waals surface area contributed by atoms with Crippen molar-refractivity contribution in [3.05, 3.63) is 17.2 Å². The third-order valence-corrected chi connectivity index (χ3v) is 3.27. The van der Waals surface area contributed by atoms with Crippen molar-refractivity contribution in [3.8, 4) is 0 Å². The minimum absolute atomic E-state index is 0.0430. The summed E-state index contributed by atoms with van der Waals surface area (Å²) in [5.41, 5.74) is 1.22. The van der Waals surface area contributed by atoms with Crippen LogP contribution in [-0.2, 0) is 31.1 Å². The van der Waals surface area contributed by atoms with Crippen molar-refractivity contribution in [2.75, 3.05) is 0 Å². The Balaban J connectivity index is 2.26. The highest BCUT2D eigenvalue weighted by Crippen LogP contribution is 2.28. The monoisotopic (exact) mass is 262 g/mol. The minimum Gasteiger partial charge on any atom is -0.481 e. The van der Waals surface area contributed by atoms with Gasteiger partial charge in [0, 0.05) is 19.2 Å². The van der Waals surface area contributed by atoms with Crippen LogP contribution in [0.2, 0.25) is 0 Å². The van der Waals surface area contributed by atoms with Gasteiger partial charge in [-0.3, -0.25) is 4.79 Å². The number of fused-ring (bicyclic) bond motifs is 1. The summed E-state index contributed by atoms with van der Waals surface area (Å²) < 4.78 is 38.5. The van der Waals surface area contributed by atoms with E-state index >= 15 is 0 Å². The summed E-state index contributed by atoms with van der Waals surface area (Å²) in [5.74, 6) is -1.49. The summed E-state index contributed by atoms with van der Waals surface area (Å²) in [4.78, 5) is 14.8. The molecule has 2 rings (SSSR count). The number of rotatable bonds is 2. The Hall–Kier alpha value is -1.53. The lowest BCUT2D eigenvalue weighted by atomic mass is 9.90. The van der Waals surface area contributed by atoms with E-state index in [0.717, 1.165) is 5.69 Å². The van der Waals surface area contributed by atoms with Gasteiger partial charge in [0.25, 0.3) is 0 Å². The third kappa shape index (κ3) is 2.49. The van der Waals surface area contributed by atoms with Gasteiger partial charge in [-0.15, -0.1) is 0 Å². The molecule has 0 aliphatic heterocycles. The summed E-state index contributed by atoms with van der Waals surface area (Å²) in [6, 6.07) is 0. The molecule has 1 aromatic rings. The molecule has 1 heterocycles. The van der Waals surface area contributed by atoms with Crippen LogP contribution >= 0.6 is 0 Å². The van der Waals surface area contributed by atoms with Crippen LogP contribution in [0.3, 0.4) is 0 Å². The molecular formula is C11H13F3N2O2. The fourth-order valence-corrected chi connectivity index (χ4v) is 2.31. The van der Waals surface area contributed by atoms with Crippen LogP contribution in [0.4, 0.5) is 13.2 Å². The Morgan fingerprint density at radius 1 is 1.56 bits per heavy atom. The first-order valence-corrected chi connectivity index (χ1v) is 5.61. The highest BCUT2D eigenvalue weighted by Gasteiger charge is 2.33. The molecular weight excluding hydrogens is 249 g/mol. The van der Waals surface area contributed by atoms with Crippen LogP contribution in [0.25, 0.3) is 0 Å². The van der Waals surface area contributed by atoms with E-state index in [1.807, 2.05) is 0 Å². The zero-order chi connectivity index (χ0) is 13.5. The molecule has 0 aromatic carbocycles. The van der Waals surface area contributed by atoms with Gasteiger partial charge in [-0.25, -0.2) is 4.98 Å². The predicted octanol–water partition coefficient (Wildman–Crippen LogP) is 1.71. The molecule has 1 aliphatic carbocycles. The van der Waals surface area contributed by atoms with Gasteiger partial charge >= 0.3 is 12.1 Å². The number of carboxylic acid groups (broad SMARTS) is 1. The van der Waals surface area contributed by atoms with Gasteiger partial charge in [0.05, 0.1) is 11.6 Å². The molecule has 1 unspecified atom stereocenters. The smallest absolute Gasteiger partial charge is 0.396 e. The molecule has 7 heteroatoms. The van der Waals surface area contributed by atoms with E-state index < -0.39 is 24.5 Å². The second-order valence-electron chi connectivity index (χ2n) is 4.55. The largest absolute Gasteiger partial charge is 0.481 e. The van der Waals surface area contributed by atoms with E-state index in [-0.39, 0.29) is 12.2 Å². The first-order chi connectivity index (χ1) is 8.28. The predicted molar refractivity (Wildman–Crippen MR) is 56.1 cm³/mol. The van der Waals surface area contributed by atoms with E-state index in [1.54, 1.807) is 7.05 Å². The lowest BCUT2D eigenvalue weighted by Gasteiger charge is -2.18. The second kappa shape index (κ2) is 4.29. The number of carbonyl (C=O) groups is 1. The van der Waals surface area contributed by atoms with Crippen LogP contribution < -0.4 is 0 Å². The molecule has 0 saturated heterocycles. The number of aliphatic carboxylic acids is 1. The molecule has 1 N–H and O–H groups in total. The third-order valence-electron chi connectivity index (χ3n) is 3.27. The molecule has 18 heavy (non-hydrogen) atoms. The molecule has 0 fully saturated rings. The van der Waals surface area contributed by atoms with Crippen LogP contribution in [-0.4, -0.2) is 26.8 Å². The zero-order valence-corrected chi connectivity index (χ0v) is 9.79. The first kappa shape index (κ1) is 12.9. The van der Waals surface area contributed by atoms with Gasteiger partial charge in [0.15, 0.2) is 0 Å². The normalized spacial score (nSPS) is 19.7. The van der Waals surface area contributed by atoms with Gasteiger partial charge in [-0.2, -0.15) is 13.2 Å². The molecule has 0 spiro atoms. The number of nitrogens with zero attached hydrogens (tertiary/aromatic N) is 2. The Morgan fingerprint density at radius 2 is 2.22 bits per heavy atom. The van der Waals surface area contributed by atoms with E-state index in [2.05, 4.69) is 4.98 Å². The van der Waals surface area contributed by atoms with Crippen LogP contribution in [0.1, 0.15) is 23.6 Å². The zero-order valence-electron chi connectivity index (χ0n) is 9.79.